The Labute approximate surface area is 131 Å². The quantitative estimate of drug-likeness (QED) is 0.874. The minimum Gasteiger partial charge on any atom is -0.477 e. The lowest BCUT2D eigenvalue weighted by Crippen LogP contribution is -2.34. The molecule has 2 saturated carbocycles. The van der Waals surface area contributed by atoms with E-state index in [0.717, 1.165) is 25.9 Å². The first-order chi connectivity index (χ1) is 10.6. The fraction of sp³-hybridized carbons (Fsp3) is 0.647. The molecule has 0 radical (unpaired) electrons. The van der Waals surface area contributed by atoms with Crippen molar-refractivity contribution in [1.29, 1.82) is 0 Å². The molecule has 2 atom stereocenters. The van der Waals surface area contributed by atoms with Crippen LogP contribution in [0.3, 0.4) is 0 Å². The number of pyridine rings is 1. The zero-order chi connectivity index (χ0) is 15.5. The van der Waals surface area contributed by atoms with E-state index in [1.165, 1.54) is 12.8 Å². The lowest BCUT2D eigenvalue weighted by Gasteiger charge is -2.23. The molecule has 0 aromatic carbocycles. The molecule has 5 heteroatoms. The summed E-state index contributed by atoms with van der Waals surface area (Å²) in [4.78, 5) is 18.3. The molecule has 1 N–H and O–H groups in total. The van der Waals surface area contributed by atoms with E-state index in [9.17, 15) is 9.90 Å². The summed E-state index contributed by atoms with van der Waals surface area (Å²) in [6.45, 7) is 1.32. The highest BCUT2D eigenvalue weighted by Crippen LogP contribution is 2.29. The van der Waals surface area contributed by atoms with Crippen LogP contribution in [0.4, 0.5) is 0 Å². The summed E-state index contributed by atoms with van der Waals surface area (Å²) in [6, 6.07) is 3.52. The third-order valence-electron chi connectivity index (χ3n) is 4.62. The van der Waals surface area contributed by atoms with Gasteiger partial charge in [0.2, 0.25) is 5.88 Å². The monoisotopic (exact) mass is 304 g/mol. The van der Waals surface area contributed by atoms with Crippen molar-refractivity contribution < 1.29 is 14.6 Å². The summed E-state index contributed by atoms with van der Waals surface area (Å²) < 4.78 is 5.58. The molecule has 1 amide bonds. The maximum absolute atomic E-state index is 12.4. The number of aliphatic hydroxyl groups excluding tert-OH is 1. The normalized spacial score (nSPS) is 24.3. The Morgan fingerprint density at radius 1 is 1.36 bits per heavy atom. The van der Waals surface area contributed by atoms with Gasteiger partial charge in [0.1, 0.15) is 0 Å². The van der Waals surface area contributed by atoms with E-state index in [0.29, 0.717) is 23.9 Å². The van der Waals surface area contributed by atoms with Gasteiger partial charge in [-0.05, 0) is 37.7 Å². The Morgan fingerprint density at radius 2 is 2.18 bits per heavy atom. The third kappa shape index (κ3) is 3.77. The molecule has 2 fully saturated rings. The molecular formula is C17H24N2O3. The van der Waals surface area contributed by atoms with Crippen molar-refractivity contribution in [2.75, 3.05) is 20.2 Å². The van der Waals surface area contributed by atoms with Crippen LogP contribution in [-0.2, 0) is 0 Å². The molecular weight excluding hydrogens is 280 g/mol. The average Bonchev–Trinajstić information content (AvgIpc) is 3.28. The van der Waals surface area contributed by atoms with Gasteiger partial charge in [-0.3, -0.25) is 4.79 Å². The Morgan fingerprint density at radius 3 is 2.77 bits per heavy atom. The van der Waals surface area contributed by atoms with Crippen molar-refractivity contribution in [3.63, 3.8) is 0 Å². The Hall–Kier alpha value is -1.62. The third-order valence-corrected chi connectivity index (χ3v) is 4.62. The average molecular weight is 304 g/mol. The van der Waals surface area contributed by atoms with Gasteiger partial charge in [-0.15, -0.1) is 0 Å². The van der Waals surface area contributed by atoms with Crippen molar-refractivity contribution in [2.45, 2.75) is 38.2 Å². The lowest BCUT2D eigenvalue weighted by atomic mass is 10.1. The second-order valence-corrected chi connectivity index (χ2v) is 6.58. The second-order valence-electron chi connectivity index (χ2n) is 6.58. The van der Waals surface area contributed by atoms with Gasteiger partial charge in [0.25, 0.3) is 5.91 Å². The number of nitrogens with zero attached hydrogens (tertiary/aromatic N) is 2. The van der Waals surface area contributed by atoms with Crippen LogP contribution in [0.2, 0.25) is 0 Å². The van der Waals surface area contributed by atoms with Crippen LogP contribution in [0, 0.1) is 11.8 Å². The fourth-order valence-electron chi connectivity index (χ4n) is 2.97. The van der Waals surface area contributed by atoms with E-state index >= 15 is 0 Å². The smallest absolute Gasteiger partial charge is 0.255 e. The lowest BCUT2D eigenvalue weighted by molar-refractivity contribution is 0.0693. The van der Waals surface area contributed by atoms with Gasteiger partial charge in [0, 0.05) is 31.8 Å². The summed E-state index contributed by atoms with van der Waals surface area (Å²) >= 11 is 0. The number of amides is 1. The first-order valence-electron chi connectivity index (χ1n) is 8.16. The van der Waals surface area contributed by atoms with Gasteiger partial charge in [0.15, 0.2) is 0 Å². The number of aromatic nitrogens is 1. The minimum absolute atomic E-state index is 0.0552. The standard InChI is InChI=1S/C17H24N2O3/c1-19(10-14-3-2-4-15(14)20)17(21)13-7-8-16(18-9-13)22-11-12-5-6-12/h7-9,12,14-15,20H,2-6,10-11H2,1H3. The number of hydrogen-bond donors (Lipinski definition) is 1. The van der Waals surface area contributed by atoms with E-state index in [-0.39, 0.29) is 17.9 Å². The largest absolute Gasteiger partial charge is 0.477 e. The number of carbonyl (C=O) groups excluding carboxylic acids is 1. The van der Waals surface area contributed by atoms with Gasteiger partial charge in [-0.25, -0.2) is 4.98 Å². The van der Waals surface area contributed by atoms with Gasteiger partial charge in [-0.1, -0.05) is 6.42 Å². The van der Waals surface area contributed by atoms with Crippen molar-refractivity contribution >= 4 is 5.91 Å². The number of rotatable bonds is 6. The van der Waals surface area contributed by atoms with Crippen LogP contribution in [0.25, 0.3) is 0 Å². The molecule has 0 spiro atoms. The summed E-state index contributed by atoms with van der Waals surface area (Å²) in [5, 5.41) is 9.87. The van der Waals surface area contributed by atoms with Crippen LogP contribution >= 0.6 is 0 Å². The highest BCUT2D eigenvalue weighted by molar-refractivity contribution is 5.93. The van der Waals surface area contributed by atoms with Crippen LogP contribution in [-0.4, -0.2) is 47.2 Å². The van der Waals surface area contributed by atoms with Crippen molar-refractivity contribution in [1.82, 2.24) is 9.88 Å². The predicted octanol–water partition coefficient (Wildman–Crippen LogP) is 2.10. The summed E-state index contributed by atoms with van der Waals surface area (Å²) in [6.07, 6.45) is 6.68. The SMILES string of the molecule is CN(CC1CCCC1O)C(=O)c1ccc(OCC2CC2)nc1. The van der Waals surface area contributed by atoms with E-state index in [1.807, 2.05) is 0 Å². The molecule has 2 unspecified atom stereocenters. The number of ether oxygens (including phenoxy) is 1. The molecule has 1 heterocycles. The second kappa shape index (κ2) is 6.65. The number of hydrogen-bond acceptors (Lipinski definition) is 4. The highest BCUT2D eigenvalue weighted by atomic mass is 16.5. The van der Waals surface area contributed by atoms with Crippen LogP contribution in [0.1, 0.15) is 42.5 Å². The number of aliphatic hydroxyl groups is 1. The topological polar surface area (TPSA) is 62.7 Å². The predicted molar refractivity (Wildman–Crippen MR) is 82.8 cm³/mol. The van der Waals surface area contributed by atoms with E-state index < -0.39 is 0 Å². The maximum Gasteiger partial charge on any atom is 0.255 e. The molecule has 2 aliphatic rings. The summed E-state index contributed by atoms with van der Waals surface area (Å²) in [5.41, 5.74) is 0.564. The van der Waals surface area contributed by atoms with E-state index in [4.69, 9.17) is 4.74 Å². The van der Waals surface area contributed by atoms with Gasteiger partial charge in [-0.2, -0.15) is 0 Å². The van der Waals surface area contributed by atoms with Gasteiger partial charge < -0.3 is 14.7 Å². The van der Waals surface area contributed by atoms with E-state index in [1.54, 1.807) is 30.3 Å². The first-order valence-corrected chi connectivity index (χ1v) is 8.16. The molecule has 0 bridgehead atoms. The molecule has 0 aliphatic heterocycles. The Bertz CT molecular complexity index is 513. The van der Waals surface area contributed by atoms with Crippen molar-refractivity contribution in [3.8, 4) is 5.88 Å². The molecule has 1 aromatic heterocycles. The Balaban J connectivity index is 1.53. The molecule has 1 aromatic rings. The molecule has 120 valence electrons. The molecule has 3 rings (SSSR count). The molecule has 0 saturated heterocycles. The maximum atomic E-state index is 12.4. The van der Waals surface area contributed by atoms with Crippen molar-refractivity contribution in [3.05, 3.63) is 23.9 Å². The molecule has 2 aliphatic carbocycles. The minimum atomic E-state index is -0.272. The molecule has 22 heavy (non-hydrogen) atoms. The highest BCUT2D eigenvalue weighted by Gasteiger charge is 2.28. The molecule has 5 nitrogen and oxygen atoms in total. The van der Waals surface area contributed by atoms with Gasteiger partial charge in [0.05, 0.1) is 18.3 Å². The zero-order valence-corrected chi connectivity index (χ0v) is 13.1. The van der Waals surface area contributed by atoms with Crippen LogP contribution in [0.15, 0.2) is 18.3 Å². The zero-order valence-electron chi connectivity index (χ0n) is 13.1. The van der Waals surface area contributed by atoms with Crippen LogP contribution in [0.5, 0.6) is 5.88 Å². The van der Waals surface area contributed by atoms with Gasteiger partial charge >= 0.3 is 0 Å². The number of carbonyl (C=O) groups is 1. The Kier molecular flexibility index (Phi) is 4.62. The van der Waals surface area contributed by atoms with E-state index in [2.05, 4.69) is 4.98 Å². The fourth-order valence-corrected chi connectivity index (χ4v) is 2.97. The first kappa shape index (κ1) is 15.3. The van der Waals surface area contributed by atoms with Crippen molar-refractivity contribution in [2.24, 2.45) is 11.8 Å². The van der Waals surface area contributed by atoms with Crippen LogP contribution < -0.4 is 4.74 Å². The summed E-state index contributed by atoms with van der Waals surface area (Å²) in [7, 11) is 1.78. The summed E-state index contributed by atoms with van der Waals surface area (Å²) in [5.74, 6) is 1.41.